The predicted molar refractivity (Wildman–Crippen MR) is 127 cm³/mol. The molecule has 0 radical (unpaired) electrons. The highest BCUT2D eigenvalue weighted by Crippen LogP contribution is 2.23. The maximum Gasteiger partial charge on any atom is 0.227 e. The van der Waals surface area contributed by atoms with Gasteiger partial charge in [-0.25, -0.2) is 19.9 Å². The zero-order valence-electron chi connectivity index (χ0n) is 18.5. The summed E-state index contributed by atoms with van der Waals surface area (Å²) in [6.07, 6.45) is 0. The Hall–Kier alpha value is -4.20. The summed E-state index contributed by atoms with van der Waals surface area (Å²) in [5.74, 6) is 1.16. The summed E-state index contributed by atoms with van der Waals surface area (Å²) in [7, 11) is 0. The normalized spacial score (nSPS) is 11.0. The van der Waals surface area contributed by atoms with Crippen LogP contribution in [0.5, 0.6) is 0 Å². The van der Waals surface area contributed by atoms with E-state index in [2.05, 4.69) is 40.8 Å². The van der Waals surface area contributed by atoms with Crippen molar-refractivity contribution in [1.29, 1.82) is 0 Å². The Morgan fingerprint density at radius 1 is 0.500 bits per heavy atom. The first kappa shape index (κ1) is 21.0. The van der Waals surface area contributed by atoms with Gasteiger partial charge in [0.25, 0.3) is 0 Å². The SMILES string of the molecule is Cc1cc(C)nc(Nc2ccc(N=Nc3ccc(Nc4nc(C)cc(C)n4)cc3)cc2)n1. The number of anilines is 4. The maximum atomic E-state index is 4.39. The van der Waals surface area contributed by atoms with Gasteiger partial charge in [-0.05, 0) is 88.4 Å². The Bertz CT molecular complexity index is 1110. The summed E-state index contributed by atoms with van der Waals surface area (Å²) in [6.45, 7) is 7.79. The molecule has 32 heavy (non-hydrogen) atoms. The molecular formula is C24H24N8. The van der Waals surface area contributed by atoms with Crippen molar-refractivity contribution in [2.24, 2.45) is 10.2 Å². The first-order valence-electron chi connectivity index (χ1n) is 10.2. The van der Waals surface area contributed by atoms with Crippen LogP contribution in [0, 0.1) is 27.7 Å². The van der Waals surface area contributed by atoms with E-state index < -0.39 is 0 Å². The molecule has 8 nitrogen and oxygen atoms in total. The van der Waals surface area contributed by atoms with Gasteiger partial charge in [-0.3, -0.25) is 0 Å². The Kier molecular flexibility index (Phi) is 6.12. The van der Waals surface area contributed by atoms with Gasteiger partial charge in [-0.1, -0.05) is 0 Å². The second-order valence-electron chi connectivity index (χ2n) is 7.49. The lowest BCUT2D eigenvalue weighted by Crippen LogP contribution is -1.99. The second-order valence-corrected chi connectivity index (χ2v) is 7.49. The van der Waals surface area contributed by atoms with Crippen LogP contribution in [0.4, 0.5) is 34.6 Å². The number of nitrogens with zero attached hydrogens (tertiary/aromatic N) is 6. The topological polar surface area (TPSA) is 100 Å². The first-order chi connectivity index (χ1) is 15.4. The average molecular weight is 425 g/mol. The van der Waals surface area contributed by atoms with Crippen molar-refractivity contribution in [1.82, 2.24) is 19.9 Å². The van der Waals surface area contributed by atoms with Crippen molar-refractivity contribution in [2.75, 3.05) is 10.6 Å². The fourth-order valence-electron chi connectivity index (χ4n) is 3.16. The monoisotopic (exact) mass is 424 g/mol. The summed E-state index contributed by atoms with van der Waals surface area (Å²) in [5, 5.41) is 15.0. The van der Waals surface area contributed by atoms with Crippen LogP contribution < -0.4 is 10.6 Å². The molecule has 0 saturated heterocycles. The van der Waals surface area contributed by atoms with E-state index in [4.69, 9.17) is 0 Å². The van der Waals surface area contributed by atoms with Gasteiger partial charge in [0.1, 0.15) is 0 Å². The van der Waals surface area contributed by atoms with Crippen molar-refractivity contribution in [3.05, 3.63) is 83.4 Å². The molecule has 0 aliphatic carbocycles. The molecule has 0 unspecified atom stereocenters. The summed E-state index contributed by atoms with van der Waals surface area (Å²) in [4.78, 5) is 17.6. The lowest BCUT2D eigenvalue weighted by molar-refractivity contribution is 1.06. The zero-order valence-corrected chi connectivity index (χ0v) is 18.5. The minimum Gasteiger partial charge on any atom is -0.324 e. The summed E-state index contributed by atoms with van der Waals surface area (Å²) in [6, 6.07) is 19.1. The number of rotatable bonds is 6. The van der Waals surface area contributed by atoms with Crippen LogP contribution in [0.15, 0.2) is 70.9 Å². The average Bonchev–Trinajstić information content (AvgIpc) is 2.73. The molecule has 2 N–H and O–H groups in total. The van der Waals surface area contributed by atoms with Crippen molar-refractivity contribution in [3.63, 3.8) is 0 Å². The van der Waals surface area contributed by atoms with Crippen molar-refractivity contribution in [3.8, 4) is 0 Å². The van der Waals surface area contributed by atoms with Crippen LogP contribution in [-0.2, 0) is 0 Å². The van der Waals surface area contributed by atoms with Gasteiger partial charge in [-0.2, -0.15) is 10.2 Å². The predicted octanol–water partition coefficient (Wildman–Crippen LogP) is 6.40. The highest BCUT2D eigenvalue weighted by molar-refractivity contribution is 5.58. The molecule has 2 heterocycles. The van der Waals surface area contributed by atoms with Gasteiger partial charge in [0.05, 0.1) is 11.4 Å². The molecule has 4 aromatic rings. The minimum atomic E-state index is 0.580. The fourth-order valence-corrected chi connectivity index (χ4v) is 3.16. The smallest absolute Gasteiger partial charge is 0.227 e. The van der Waals surface area contributed by atoms with E-state index in [0.29, 0.717) is 11.9 Å². The maximum absolute atomic E-state index is 4.39. The molecule has 2 aromatic heterocycles. The van der Waals surface area contributed by atoms with Crippen LogP contribution in [0.25, 0.3) is 0 Å². The molecule has 0 spiro atoms. The van der Waals surface area contributed by atoms with Crippen molar-refractivity contribution < 1.29 is 0 Å². The largest absolute Gasteiger partial charge is 0.324 e. The summed E-state index contributed by atoms with van der Waals surface area (Å²) < 4.78 is 0. The molecule has 0 aliphatic rings. The van der Waals surface area contributed by atoms with Gasteiger partial charge in [0, 0.05) is 34.2 Å². The van der Waals surface area contributed by atoms with Crippen LogP contribution >= 0.6 is 0 Å². The Labute approximate surface area is 186 Å². The van der Waals surface area contributed by atoms with Gasteiger partial charge < -0.3 is 10.6 Å². The number of azo groups is 1. The van der Waals surface area contributed by atoms with Crippen molar-refractivity contribution in [2.45, 2.75) is 27.7 Å². The molecule has 0 atom stereocenters. The summed E-state index contributed by atoms with van der Waals surface area (Å²) in [5.41, 5.74) is 6.98. The quantitative estimate of drug-likeness (QED) is 0.347. The van der Waals surface area contributed by atoms with E-state index in [1.54, 1.807) is 0 Å². The second kappa shape index (κ2) is 9.30. The third-order valence-electron chi connectivity index (χ3n) is 4.49. The molecule has 0 amide bonds. The minimum absolute atomic E-state index is 0.580. The van der Waals surface area contributed by atoms with E-state index in [-0.39, 0.29) is 0 Å². The molecular weight excluding hydrogens is 400 g/mol. The third kappa shape index (κ3) is 5.69. The van der Waals surface area contributed by atoms with E-state index in [0.717, 1.165) is 45.5 Å². The molecule has 0 saturated carbocycles. The zero-order chi connectivity index (χ0) is 22.5. The summed E-state index contributed by atoms with van der Waals surface area (Å²) >= 11 is 0. The van der Waals surface area contributed by atoms with Gasteiger partial charge in [0.2, 0.25) is 11.9 Å². The van der Waals surface area contributed by atoms with E-state index >= 15 is 0 Å². The van der Waals surface area contributed by atoms with Gasteiger partial charge in [-0.15, -0.1) is 0 Å². The molecule has 8 heteroatoms. The van der Waals surface area contributed by atoms with Crippen molar-refractivity contribution >= 4 is 34.6 Å². The third-order valence-corrected chi connectivity index (χ3v) is 4.49. The van der Waals surface area contributed by atoms with Crippen LogP contribution in [0.1, 0.15) is 22.8 Å². The Balaban J connectivity index is 1.38. The Morgan fingerprint density at radius 2 is 0.812 bits per heavy atom. The number of aryl methyl sites for hydroxylation is 4. The highest BCUT2D eigenvalue weighted by Gasteiger charge is 2.02. The molecule has 0 fully saturated rings. The van der Waals surface area contributed by atoms with Crippen LogP contribution in [0.3, 0.4) is 0 Å². The first-order valence-corrected chi connectivity index (χ1v) is 10.2. The lowest BCUT2D eigenvalue weighted by atomic mass is 10.3. The fraction of sp³-hybridized carbons (Fsp3) is 0.167. The van der Waals surface area contributed by atoms with E-state index in [1.807, 2.05) is 88.4 Å². The number of aromatic nitrogens is 4. The van der Waals surface area contributed by atoms with Crippen LogP contribution in [0.2, 0.25) is 0 Å². The van der Waals surface area contributed by atoms with E-state index in [9.17, 15) is 0 Å². The van der Waals surface area contributed by atoms with Crippen LogP contribution in [-0.4, -0.2) is 19.9 Å². The standard InChI is InChI=1S/C24H24N8/c1-15-13-16(2)26-23(25-15)29-19-5-9-21(10-6-19)31-32-22-11-7-20(8-12-22)30-24-27-17(3)14-18(4)28-24/h5-14H,1-4H3,(H,25,26,29)(H,27,28,30). The number of hydrogen-bond donors (Lipinski definition) is 2. The van der Waals surface area contributed by atoms with E-state index in [1.165, 1.54) is 0 Å². The highest BCUT2D eigenvalue weighted by atomic mass is 15.1. The number of benzene rings is 2. The molecule has 2 aromatic carbocycles. The lowest BCUT2D eigenvalue weighted by Gasteiger charge is -2.07. The molecule has 4 rings (SSSR count). The van der Waals surface area contributed by atoms with Gasteiger partial charge >= 0.3 is 0 Å². The molecule has 0 bridgehead atoms. The van der Waals surface area contributed by atoms with Gasteiger partial charge in [0.15, 0.2) is 0 Å². The molecule has 0 aliphatic heterocycles. The Morgan fingerprint density at radius 3 is 1.12 bits per heavy atom. The number of nitrogens with one attached hydrogen (secondary N) is 2. The number of hydrogen-bond acceptors (Lipinski definition) is 8. The molecule has 160 valence electrons.